The summed E-state index contributed by atoms with van der Waals surface area (Å²) in [5.74, 6) is -0.425. The summed E-state index contributed by atoms with van der Waals surface area (Å²) in [6.45, 7) is 1.07. The quantitative estimate of drug-likeness (QED) is 0.669. The van der Waals surface area contributed by atoms with E-state index < -0.39 is 15.9 Å². The van der Waals surface area contributed by atoms with Crippen molar-refractivity contribution in [1.82, 2.24) is 4.72 Å². The van der Waals surface area contributed by atoms with Crippen LogP contribution < -0.4 is 15.8 Å². The van der Waals surface area contributed by atoms with Crippen molar-refractivity contribution >= 4 is 21.6 Å². The predicted molar refractivity (Wildman–Crippen MR) is 76.9 cm³/mol. The Morgan fingerprint density at radius 1 is 1.40 bits per heavy atom. The number of hydrogen-bond donors (Lipinski definition) is 3. The first-order valence-electron chi connectivity index (χ1n) is 6.64. The van der Waals surface area contributed by atoms with Gasteiger partial charge in [-0.2, -0.15) is 0 Å². The number of primary amides is 1. The maximum absolute atomic E-state index is 12.3. The van der Waals surface area contributed by atoms with Crippen LogP contribution in [0.2, 0.25) is 0 Å². The average molecular weight is 297 g/mol. The smallest absolute Gasteiger partial charge is 0.240 e. The van der Waals surface area contributed by atoms with Crippen LogP contribution in [0, 0.1) is 0 Å². The van der Waals surface area contributed by atoms with E-state index in [1.807, 2.05) is 6.07 Å². The van der Waals surface area contributed by atoms with Crippen molar-refractivity contribution in [3.63, 3.8) is 0 Å². The molecule has 1 aromatic carbocycles. The summed E-state index contributed by atoms with van der Waals surface area (Å²) in [7, 11) is -3.54. The number of nitrogens with two attached hydrogens (primary N) is 1. The van der Waals surface area contributed by atoms with E-state index >= 15 is 0 Å². The monoisotopic (exact) mass is 297 g/mol. The second-order valence-corrected chi connectivity index (χ2v) is 6.52. The molecule has 1 aliphatic rings. The number of benzene rings is 1. The molecule has 2 rings (SSSR count). The Morgan fingerprint density at radius 2 is 2.20 bits per heavy atom. The van der Waals surface area contributed by atoms with Gasteiger partial charge in [-0.15, -0.1) is 0 Å². The Bertz CT molecular complexity index is 599. The molecular weight excluding hydrogens is 278 g/mol. The number of rotatable bonds is 6. The van der Waals surface area contributed by atoms with Crippen molar-refractivity contribution in [3.8, 4) is 0 Å². The standard InChI is InChI=1S/C13H19N3O3S/c14-13(17)7-3-9-16-20(18,19)12-6-1-5-11-10(12)4-2-8-15-11/h1,5-6,15-16H,2-4,7-9H2,(H2,14,17). The molecule has 1 amide bonds. The number of fused-ring (bicyclic) bond motifs is 1. The van der Waals surface area contributed by atoms with Crippen LogP contribution in [0.5, 0.6) is 0 Å². The van der Waals surface area contributed by atoms with E-state index in [1.54, 1.807) is 12.1 Å². The molecule has 6 nitrogen and oxygen atoms in total. The fourth-order valence-electron chi connectivity index (χ4n) is 2.28. The highest BCUT2D eigenvalue weighted by molar-refractivity contribution is 7.89. The van der Waals surface area contributed by atoms with Crippen LogP contribution in [0.3, 0.4) is 0 Å². The molecule has 0 radical (unpaired) electrons. The van der Waals surface area contributed by atoms with Gasteiger partial charge in [-0.3, -0.25) is 4.79 Å². The summed E-state index contributed by atoms with van der Waals surface area (Å²) >= 11 is 0. The number of carbonyl (C=O) groups is 1. The molecule has 1 heterocycles. The summed E-state index contributed by atoms with van der Waals surface area (Å²) in [6.07, 6.45) is 2.25. The highest BCUT2D eigenvalue weighted by Crippen LogP contribution is 2.28. The summed E-state index contributed by atoms with van der Waals surface area (Å²) in [5, 5.41) is 3.20. The molecule has 1 aromatic rings. The highest BCUT2D eigenvalue weighted by atomic mass is 32.2. The molecule has 7 heteroatoms. The molecule has 110 valence electrons. The second kappa shape index (κ2) is 6.23. The van der Waals surface area contributed by atoms with E-state index in [-0.39, 0.29) is 13.0 Å². The van der Waals surface area contributed by atoms with Crippen molar-refractivity contribution in [3.05, 3.63) is 23.8 Å². The Labute approximate surface area is 118 Å². The molecule has 20 heavy (non-hydrogen) atoms. The van der Waals surface area contributed by atoms with Crippen molar-refractivity contribution in [2.75, 3.05) is 18.4 Å². The van der Waals surface area contributed by atoms with Gasteiger partial charge in [-0.1, -0.05) is 6.07 Å². The number of nitrogens with one attached hydrogen (secondary N) is 2. The Morgan fingerprint density at radius 3 is 2.95 bits per heavy atom. The van der Waals surface area contributed by atoms with E-state index in [0.29, 0.717) is 11.3 Å². The number of sulfonamides is 1. The van der Waals surface area contributed by atoms with Gasteiger partial charge >= 0.3 is 0 Å². The maximum Gasteiger partial charge on any atom is 0.240 e. The van der Waals surface area contributed by atoms with Gasteiger partial charge in [-0.25, -0.2) is 13.1 Å². The van der Waals surface area contributed by atoms with E-state index in [9.17, 15) is 13.2 Å². The lowest BCUT2D eigenvalue weighted by Gasteiger charge is -2.21. The van der Waals surface area contributed by atoms with Gasteiger partial charge < -0.3 is 11.1 Å². The van der Waals surface area contributed by atoms with E-state index in [2.05, 4.69) is 10.0 Å². The third kappa shape index (κ3) is 3.49. The number of amides is 1. The van der Waals surface area contributed by atoms with Gasteiger partial charge in [-0.05, 0) is 37.0 Å². The fourth-order valence-corrected chi connectivity index (χ4v) is 3.64. The summed E-state index contributed by atoms with van der Waals surface area (Å²) < 4.78 is 27.1. The predicted octanol–water partition coefficient (Wildman–Crippen LogP) is 0.588. The zero-order valence-electron chi connectivity index (χ0n) is 11.2. The lowest BCUT2D eigenvalue weighted by Crippen LogP contribution is -2.27. The van der Waals surface area contributed by atoms with Crippen LogP contribution >= 0.6 is 0 Å². The largest absolute Gasteiger partial charge is 0.385 e. The zero-order chi connectivity index (χ0) is 14.6. The minimum absolute atomic E-state index is 0.178. The molecule has 4 N–H and O–H groups in total. The fraction of sp³-hybridized carbons (Fsp3) is 0.462. The van der Waals surface area contributed by atoms with Crippen LogP contribution in [0.1, 0.15) is 24.8 Å². The third-order valence-electron chi connectivity index (χ3n) is 3.23. The highest BCUT2D eigenvalue weighted by Gasteiger charge is 2.21. The van der Waals surface area contributed by atoms with Crippen molar-refractivity contribution < 1.29 is 13.2 Å². The molecule has 1 aliphatic heterocycles. The van der Waals surface area contributed by atoms with Crippen LogP contribution in [0.15, 0.2) is 23.1 Å². The first-order valence-corrected chi connectivity index (χ1v) is 8.13. The van der Waals surface area contributed by atoms with E-state index in [1.165, 1.54) is 0 Å². The van der Waals surface area contributed by atoms with Gasteiger partial charge in [0.1, 0.15) is 0 Å². The maximum atomic E-state index is 12.3. The van der Waals surface area contributed by atoms with Crippen LogP contribution in [-0.4, -0.2) is 27.4 Å². The Kier molecular flexibility index (Phi) is 4.61. The van der Waals surface area contributed by atoms with Gasteiger partial charge in [0.2, 0.25) is 15.9 Å². The van der Waals surface area contributed by atoms with Gasteiger partial charge in [0.05, 0.1) is 4.90 Å². The van der Waals surface area contributed by atoms with Crippen molar-refractivity contribution in [2.45, 2.75) is 30.6 Å². The molecule has 0 aromatic heterocycles. The summed E-state index contributed by atoms with van der Waals surface area (Å²) in [5.41, 5.74) is 6.74. The van der Waals surface area contributed by atoms with Crippen molar-refractivity contribution in [1.29, 1.82) is 0 Å². The normalized spacial score (nSPS) is 14.4. The minimum Gasteiger partial charge on any atom is -0.385 e. The topological polar surface area (TPSA) is 101 Å². The summed E-state index contributed by atoms with van der Waals surface area (Å²) in [6, 6.07) is 5.23. The first kappa shape index (κ1) is 14.8. The zero-order valence-corrected chi connectivity index (χ0v) is 12.0. The van der Waals surface area contributed by atoms with Gasteiger partial charge in [0, 0.05) is 25.2 Å². The first-order chi connectivity index (χ1) is 9.50. The third-order valence-corrected chi connectivity index (χ3v) is 4.78. The number of carbonyl (C=O) groups excluding carboxylic acids is 1. The summed E-state index contributed by atoms with van der Waals surface area (Å²) in [4.78, 5) is 10.9. The molecule has 0 bridgehead atoms. The molecule has 0 saturated carbocycles. The van der Waals surface area contributed by atoms with Crippen molar-refractivity contribution in [2.24, 2.45) is 5.73 Å². The van der Waals surface area contributed by atoms with Gasteiger partial charge in [0.15, 0.2) is 0 Å². The minimum atomic E-state index is -3.54. The number of hydrogen-bond acceptors (Lipinski definition) is 4. The van der Waals surface area contributed by atoms with Crippen LogP contribution in [-0.2, 0) is 21.2 Å². The number of anilines is 1. The van der Waals surface area contributed by atoms with Crippen LogP contribution in [0.4, 0.5) is 5.69 Å². The Hall–Kier alpha value is -1.60. The molecule has 0 aliphatic carbocycles. The van der Waals surface area contributed by atoms with E-state index in [4.69, 9.17) is 5.73 Å². The Balaban J connectivity index is 2.11. The molecule has 0 spiro atoms. The van der Waals surface area contributed by atoms with E-state index in [0.717, 1.165) is 30.6 Å². The molecule has 0 unspecified atom stereocenters. The van der Waals surface area contributed by atoms with Gasteiger partial charge in [0.25, 0.3) is 0 Å². The SMILES string of the molecule is NC(=O)CCCNS(=O)(=O)c1cccc2c1CCCN2. The molecule has 0 saturated heterocycles. The second-order valence-electron chi connectivity index (χ2n) is 4.78. The van der Waals surface area contributed by atoms with Crippen LogP contribution in [0.25, 0.3) is 0 Å². The molecule has 0 atom stereocenters. The molecular formula is C13H19N3O3S. The molecule has 0 fully saturated rings. The lowest BCUT2D eigenvalue weighted by atomic mass is 10.0. The lowest BCUT2D eigenvalue weighted by molar-refractivity contribution is -0.118. The average Bonchev–Trinajstić information content (AvgIpc) is 2.43.